The van der Waals surface area contributed by atoms with Crippen molar-refractivity contribution >= 4 is 57.8 Å². The molecule has 7 heteroatoms. The first-order valence-electron chi connectivity index (χ1n) is 5.90. The Balaban J connectivity index is 2.30. The van der Waals surface area contributed by atoms with Gasteiger partial charge in [-0.2, -0.15) is 5.10 Å². The highest BCUT2D eigenvalue weighted by Gasteiger charge is 2.28. The Morgan fingerprint density at radius 1 is 1.00 bits per heavy atom. The van der Waals surface area contributed by atoms with E-state index in [1.54, 1.807) is 18.2 Å². The van der Waals surface area contributed by atoms with Crippen LogP contribution in [0.4, 0.5) is 0 Å². The molecule has 0 unspecified atom stereocenters. The molecule has 106 valence electrons. The van der Waals surface area contributed by atoms with Gasteiger partial charge in [0.1, 0.15) is 0 Å². The molecule has 0 amide bonds. The summed E-state index contributed by atoms with van der Waals surface area (Å²) in [5.41, 5.74) is 12.2. The molecule has 0 atom stereocenters. The molecule has 0 aliphatic heterocycles. The summed E-state index contributed by atoms with van der Waals surface area (Å²) in [5.74, 6) is 0. The zero-order valence-corrected chi connectivity index (χ0v) is 13.5. The van der Waals surface area contributed by atoms with Crippen molar-refractivity contribution in [1.82, 2.24) is 5.43 Å². The number of rotatable bonds is 1. The van der Waals surface area contributed by atoms with E-state index in [4.69, 9.17) is 52.8 Å². The van der Waals surface area contributed by atoms with Gasteiger partial charge >= 0.3 is 0 Å². The Morgan fingerprint density at radius 3 is 2.43 bits per heavy atom. The lowest BCUT2D eigenvalue weighted by Crippen LogP contribution is -2.25. The van der Waals surface area contributed by atoms with E-state index >= 15 is 0 Å². The van der Waals surface area contributed by atoms with Crippen LogP contribution in [0.25, 0.3) is 11.1 Å². The molecule has 3 nitrogen and oxygen atoms in total. The van der Waals surface area contributed by atoms with E-state index in [0.29, 0.717) is 20.8 Å². The number of hydrogen-bond donors (Lipinski definition) is 2. The second kappa shape index (κ2) is 5.46. The topological polar surface area (TPSA) is 50.4 Å². The predicted octanol–water partition coefficient (Wildman–Crippen LogP) is 4.21. The molecule has 1 aliphatic rings. The predicted molar refractivity (Wildman–Crippen MR) is 92.5 cm³/mol. The van der Waals surface area contributed by atoms with Gasteiger partial charge in [0.2, 0.25) is 0 Å². The first-order valence-corrected chi connectivity index (χ1v) is 7.44. The molecule has 0 fully saturated rings. The van der Waals surface area contributed by atoms with Crippen molar-refractivity contribution in [2.75, 3.05) is 0 Å². The molecular formula is C14H8Cl3N3S. The van der Waals surface area contributed by atoms with E-state index in [1.165, 1.54) is 0 Å². The van der Waals surface area contributed by atoms with Gasteiger partial charge in [-0.05, 0) is 42.0 Å². The summed E-state index contributed by atoms with van der Waals surface area (Å²) in [5, 5.41) is 6.02. The standard InChI is InChI=1S/C14H8Cl3N3S/c15-6-1-2-8-9(3-6)13(19-20-14(18)21)10-4-7(16)5-11(17)12(8)10/h1-5H,(H3,18,20,21)/b19-13-. The van der Waals surface area contributed by atoms with Gasteiger partial charge in [0.05, 0.1) is 10.7 Å². The minimum atomic E-state index is 0.0765. The average molecular weight is 357 g/mol. The van der Waals surface area contributed by atoms with Crippen LogP contribution >= 0.6 is 47.0 Å². The number of halogens is 3. The van der Waals surface area contributed by atoms with Crippen LogP contribution in [0, 0.1) is 0 Å². The van der Waals surface area contributed by atoms with Crippen LogP contribution in [-0.4, -0.2) is 10.8 Å². The zero-order valence-electron chi connectivity index (χ0n) is 10.5. The van der Waals surface area contributed by atoms with Gasteiger partial charge in [0.25, 0.3) is 0 Å². The van der Waals surface area contributed by atoms with E-state index in [2.05, 4.69) is 10.5 Å². The number of hydrazone groups is 1. The van der Waals surface area contributed by atoms with Crippen LogP contribution in [0.2, 0.25) is 15.1 Å². The second-order valence-electron chi connectivity index (χ2n) is 4.44. The smallest absolute Gasteiger partial charge is 0.184 e. The van der Waals surface area contributed by atoms with Crippen LogP contribution in [0.5, 0.6) is 0 Å². The number of hydrogen-bond acceptors (Lipinski definition) is 2. The van der Waals surface area contributed by atoms with Crippen LogP contribution in [0.3, 0.4) is 0 Å². The molecule has 2 aromatic carbocycles. The fraction of sp³-hybridized carbons (Fsp3) is 0. The Labute approximate surface area is 141 Å². The lowest BCUT2D eigenvalue weighted by Gasteiger charge is -2.04. The molecule has 3 rings (SSSR count). The van der Waals surface area contributed by atoms with Crippen LogP contribution < -0.4 is 11.2 Å². The third-order valence-electron chi connectivity index (χ3n) is 3.09. The molecule has 3 N–H and O–H groups in total. The highest BCUT2D eigenvalue weighted by molar-refractivity contribution is 7.80. The summed E-state index contributed by atoms with van der Waals surface area (Å²) in [4.78, 5) is 0. The molecule has 0 bridgehead atoms. The van der Waals surface area contributed by atoms with Gasteiger partial charge in [-0.25, -0.2) is 0 Å². The first-order chi connectivity index (χ1) is 9.97. The fourth-order valence-corrected chi connectivity index (χ4v) is 3.15. The number of benzene rings is 2. The number of fused-ring (bicyclic) bond motifs is 3. The lowest BCUT2D eigenvalue weighted by molar-refractivity contribution is 1.03. The average Bonchev–Trinajstić information content (AvgIpc) is 2.69. The molecule has 0 heterocycles. The van der Waals surface area contributed by atoms with Crippen molar-refractivity contribution in [2.24, 2.45) is 10.8 Å². The van der Waals surface area contributed by atoms with Gasteiger partial charge in [-0.3, -0.25) is 5.43 Å². The van der Waals surface area contributed by atoms with E-state index in [0.717, 1.165) is 22.3 Å². The second-order valence-corrected chi connectivity index (χ2v) is 6.16. The summed E-state index contributed by atoms with van der Waals surface area (Å²) < 4.78 is 0. The maximum Gasteiger partial charge on any atom is 0.184 e. The minimum absolute atomic E-state index is 0.0765. The maximum atomic E-state index is 6.33. The monoisotopic (exact) mass is 355 g/mol. The molecule has 0 aromatic heterocycles. The van der Waals surface area contributed by atoms with E-state index in [1.807, 2.05) is 12.1 Å². The van der Waals surface area contributed by atoms with E-state index in [-0.39, 0.29) is 5.11 Å². The number of nitrogens with zero attached hydrogens (tertiary/aromatic N) is 1. The Hall–Kier alpha value is -1.33. The number of thiocarbonyl (C=S) groups is 1. The molecule has 21 heavy (non-hydrogen) atoms. The molecule has 0 radical (unpaired) electrons. The van der Waals surface area contributed by atoms with Crippen molar-refractivity contribution < 1.29 is 0 Å². The van der Waals surface area contributed by atoms with Crippen LogP contribution in [-0.2, 0) is 0 Å². The van der Waals surface area contributed by atoms with Gasteiger partial charge in [-0.15, -0.1) is 0 Å². The summed E-state index contributed by atoms with van der Waals surface area (Å²) >= 11 is 23.3. The molecular weight excluding hydrogens is 349 g/mol. The maximum absolute atomic E-state index is 6.33. The number of nitrogens with two attached hydrogens (primary N) is 1. The quantitative estimate of drug-likeness (QED) is 0.507. The Morgan fingerprint density at radius 2 is 1.71 bits per heavy atom. The highest BCUT2D eigenvalue weighted by Crippen LogP contribution is 2.43. The van der Waals surface area contributed by atoms with Gasteiger partial charge in [0, 0.05) is 26.7 Å². The summed E-state index contributed by atoms with van der Waals surface area (Å²) in [6.07, 6.45) is 0. The minimum Gasteiger partial charge on any atom is -0.375 e. The molecule has 2 aromatic rings. The van der Waals surface area contributed by atoms with Crippen LogP contribution in [0.1, 0.15) is 11.1 Å². The largest absolute Gasteiger partial charge is 0.375 e. The zero-order chi connectivity index (χ0) is 15.1. The molecule has 0 spiro atoms. The van der Waals surface area contributed by atoms with Crippen molar-refractivity contribution in [1.29, 1.82) is 0 Å². The third-order valence-corrected chi connectivity index (χ3v) is 3.94. The van der Waals surface area contributed by atoms with Crippen molar-refractivity contribution in [3.63, 3.8) is 0 Å². The van der Waals surface area contributed by atoms with E-state index in [9.17, 15) is 0 Å². The van der Waals surface area contributed by atoms with Crippen molar-refractivity contribution in [2.45, 2.75) is 0 Å². The SMILES string of the molecule is NC(=S)N/N=C1/c2cc(Cl)ccc2-c2c(Cl)cc(Cl)cc21. The normalized spacial score (nSPS) is 14.0. The van der Waals surface area contributed by atoms with Gasteiger partial charge in [0.15, 0.2) is 5.11 Å². The van der Waals surface area contributed by atoms with Gasteiger partial charge in [-0.1, -0.05) is 40.9 Å². The van der Waals surface area contributed by atoms with E-state index < -0.39 is 0 Å². The summed E-state index contributed by atoms with van der Waals surface area (Å²) in [7, 11) is 0. The summed E-state index contributed by atoms with van der Waals surface area (Å²) in [6, 6.07) is 9.03. The van der Waals surface area contributed by atoms with Crippen LogP contribution in [0.15, 0.2) is 35.4 Å². The lowest BCUT2D eigenvalue weighted by atomic mass is 10.1. The highest BCUT2D eigenvalue weighted by atomic mass is 35.5. The first kappa shape index (κ1) is 14.6. The Bertz CT molecular complexity index is 802. The fourth-order valence-electron chi connectivity index (χ4n) is 2.34. The molecule has 1 aliphatic carbocycles. The van der Waals surface area contributed by atoms with Crippen molar-refractivity contribution in [3.8, 4) is 11.1 Å². The number of nitrogens with one attached hydrogen (secondary N) is 1. The third kappa shape index (κ3) is 2.60. The molecule has 0 saturated carbocycles. The Kier molecular flexibility index (Phi) is 3.80. The van der Waals surface area contributed by atoms with Crippen molar-refractivity contribution in [3.05, 3.63) is 56.5 Å². The molecule has 0 saturated heterocycles. The summed E-state index contributed by atoms with van der Waals surface area (Å²) in [6.45, 7) is 0. The van der Waals surface area contributed by atoms with Gasteiger partial charge < -0.3 is 5.73 Å².